The Hall–Kier alpha value is -1.97. The molecule has 0 aliphatic rings. The van der Waals surface area contributed by atoms with E-state index in [2.05, 4.69) is 9.97 Å². The van der Waals surface area contributed by atoms with E-state index >= 15 is 0 Å². The molecule has 0 unspecified atom stereocenters. The van der Waals surface area contributed by atoms with Crippen LogP contribution in [0.1, 0.15) is 16.2 Å². The van der Waals surface area contributed by atoms with Gasteiger partial charge in [0.05, 0.1) is 11.8 Å². The maximum absolute atomic E-state index is 10.6. The molecule has 2 aromatic rings. The van der Waals surface area contributed by atoms with Gasteiger partial charge >= 0.3 is 0 Å². The minimum atomic E-state index is 0.383. The Morgan fingerprint density at radius 3 is 2.93 bits per heavy atom. The van der Waals surface area contributed by atoms with E-state index in [4.69, 9.17) is 4.42 Å². The van der Waals surface area contributed by atoms with Crippen molar-refractivity contribution < 1.29 is 9.21 Å². The van der Waals surface area contributed by atoms with Crippen molar-refractivity contribution in [2.75, 3.05) is 0 Å². The van der Waals surface area contributed by atoms with E-state index in [0.717, 1.165) is 11.3 Å². The molecule has 0 radical (unpaired) electrons. The quantitative estimate of drug-likeness (QED) is 0.675. The van der Waals surface area contributed by atoms with Crippen molar-refractivity contribution in [3.8, 4) is 11.4 Å². The van der Waals surface area contributed by atoms with Crippen molar-refractivity contribution in [3.05, 3.63) is 36.0 Å². The van der Waals surface area contributed by atoms with E-state index in [-0.39, 0.29) is 0 Å². The van der Waals surface area contributed by atoms with Crippen molar-refractivity contribution in [3.63, 3.8) is 0 Å². The first-order valence-corrected chi connectivity index (χ1v) is 4.13. The summed E-state index contributed by atoms with van der Waals surface area (Å²) in [6.45, 7) is 1.82. The highest BCUT2D eigenvalue weighted by atomic mass is 16.3. The fourth-order valence-corrected chi connectivity index (χ4v) is 1.17. The van der Waals surface area contributed by atoms with Gasteiger partial charge in [-0.05, 0) is 19.1 Å². The molecule has 0 aliphatic carbocycles. The Morgan fingerprint density at radius 2 is 2.29 bits per heavy atom. The van der Waals surface area contributed by atoms with E-state index in [1.54, 1.807) is 24.7 Å². The number of hydrogen-bond acceptors (Lipinski definition) is 4. The lowest BCUT2D eigenvalue weighted by molar-refractivity contribution is 0.111. The lowest BCUT2D eigenvalue weighted by atomic mass is 10.3. The third-order valence-corrected chi connectivity index (χ3v) is 1.77. The lowest BCUT2D eigenvalue weighted by Crippen LogP contribution is -1.95. The molecule has 0 saturated carbocycles. The summed E-state index contributed by atoms with van der Waals surface area (Å²) in [5.74, 6) is 0.515. The van der Waals surface area contributed by atoms with Gasteiger partial charge in [-0.15, -0.1) is 0 Å². The molecular formula is C10H8N2O2. The molecular weight excluding hydrogens is 180 g/mol. The molecule has 2 rings (SSSR count). The number of nitrogens with zero attached hydrogens (tertiary/aromatic N) is 2. The van der Waals surface area contributed by atoms with E-state index in [9.17, 15) is 4.79 Å². The van der Waals surface area contributed by atoms with Crippen molar-refractivity contribution >= 4 is 6.29 Å². The van der Waals surface area contributed by atoms with Crippen LogP contribution in [0.3, 0.4) is 0 Å². The van der Waals surface area contributed by atoms with Crippen LogP contribution < -0.4 is 0 Å². The van der Waals surface area contributed by atoms with E-state index < -0.39 is 0 Å². The van der Waals surface area contributed by atoms with Crippen molar-refractivity contribution in [1.82, 2.24) is 9.97 Å². The summed E-state index contributed by atoms with van der Waals surface area (Å²) in [7, 11) is 0. The summed E-state index contributed by atoms with van der Waals surface area (Å²) in [4.78, 5) is 18.8. The topological polar surface area (TPSA) is 56.0 Å². The molecule has 2 aromatic heterocycles. The number of aromatic nitrogens is 2. The Kier molecular flexibility index (Phi) is 2.10. The summed E-state index contributed by atoms with van der Waals surface area (Å²) >= 11 is 0. The highest BCUT2D eigenvalue weighted by Crippen LogP contribution is 2.15. The summed E-state index contributed by atoms with van der Waals surface area (Å²) in [5.41, 5.74) is 1.92. The van der Waals surface area contributed by atoms with Gasteiger partial charge in [-0.1, -0.05) is 0 Å². The minimum absolute atomic E-state index is 0.383. The van der Waals surface area contributed by atoms with Crippen LogP contribution in [0.25, 0.3) is 11.4 Å². The fraction of sp³-hybridized carbons (Fsp3) is 0.100. The van der Waals surface area contributed by atoms with E-state index in [1.807, 2.05) is 6.92 Å². The molecule has 0 bridgehead atoms. The predicted molar refractivity (Wildman–Crippen MR) is 49.9 cm³/mol. The summed E-state index contributed by atoms with van der Waals surface area (Å²) in [6, 6.07) is 3.39. The smallest absolute Gasteiger partial charge is 0.168 e. The first-order valence-electron chi connectivity index (χ1n) is 4.13. The standard InChI is InChI=1S/C10H8N2O2/c1-7-4-9(5-13)12-10(11-7)8-2-3-14-6-8/h2-6H,1H3. The maximum atomic E-state index is 10.6. The van der Waals surface area contributed by atoms with Crippen LogP contribution in [0.2, 0.25) is 0 Å². The van der Waals surface area contributed by atoms with Gasteiger partial charge in [-0.2, -0.15) is 0 Å². The van der Waals surface area contributed by atoms with Gasteiger partial charge in [0.15, 0.2) is 12.1 Å². The Bertz CT molecular complexity index is 449. The first kappa shape index (κ1) is 8.62. The number of hydrogen-bond donors (Lipinski definition) is 0. The van der Waals surface area contributed by atoms with Crippen LogP contribution in [0, 0.1) is 6.92 Å². The number of furan rings is 1. The molecule has 14 heavy (non-hydrogen) atoms. The molecule has 0 aliphatic heterocycles. The van der Waals surface area contributed by atoms with Gasteiger partial charge in [0.2, 0.25) is 0 Å². The normalized spacial score (nSPS) is 10.1. The zero-order valence-corrected chi connectivity index (χ0v) is 7.60. The molecule has 70 valence electrons. The second kappa shape index (κ2) is 3.41. The second-order valence-corrected chi connectivity index (χ2v) is 2.89. The molecule has 0 atom stereocenters. The third kappa shape index (κ3) is 1.54. The fourth-order valence-electron chi connectivity index (χ4n) is 1.17. The summed E-state index contributed by atoms with van der Waals surface area (Å²) in [5, 5.41) is 0. The van der Waals surface area contributed by atoms with Crippen LogP contribution in [0.5, 0.6) is 0 Å². The average Bonchev–Trinajstić information content (AvgIpc) is 2.69. The van der Waals surface area contributed by atoms with Crippen LogP contribution in [0.4, 0.5) is 0 Å². The first-order chi connectivity index (χ1) is 6.79. The number of rotatable bonds is 2. The van der Waals surface area contributed by atoms with Crippen molar-refractivity contribution in [1.29, 1.82) is 0 Å². The van der Waals surface area contributed by atoms with E-state index in [0.29, 0.717) is 17.8 Å². The highest BCUT2D eigenvalue weighted by molar-refractivity contribution is 5.73. The molecule has 0 spiro atoms. The van der Waals surface area contributed by atoms with Crippen LogP contribution in [-0.4, -0.2) is 16.3 Å². The van der Waals surface area contributed by atoms with Crippen LogP contribution >= 0.6 is 0 Å². The highest BCUT2D eigenvalue weighted by Gasteiger charge is 2.04. The third-order valence-electron chi connectivity index (χ3n) is 1.77. The number of carbonyl (C=O) groups is 1. The number of aldehydes is 1. The number of carbonyl (C=O) groups excluding carboxylic acids is 1. The molecule has 4 heteroatoms. The molecule has 0 fully saturated rings. The van der Waals surface area contributed by atoms with Crippen LogP contribution in [0.15, 0.2) is 29.1 Å². The Morgan fingerprint density at radius 1 is 1.43 bits per heavy atom. The molecule has 2 heterocycles. The van der Waals surface area contributed by atoms with Crippen molar-refractivity contribution in [2.45, 2.75) is 6.92 Å². The molecule has 4 nitrogen and oxygen atoms in total. The maximum Gasteiger partial charge on any atom is 0.168 e. The minimum Gasteiger partial charge on any atom is -0.472 e. The lowest BCUT2D eigenvalue weighted by Gasteiger charge is -1.98. The largest absolute Gasteiger partial charge is 0.472 e. The van der Waals surface area contributed by atoms with Gasteiger partial charge in [0.1, 0.15) is 12.0 Å². The Labute approximate surface area is 80.6 Å². The Balaban J connectivity index is 2.54. The molecule has 0 N–H and O–H groups in total. The second-order valence-electron chi connectivity index (χ2n) is 2.89. The summed E-state index contributed by atoms with van der Waals surface area (Å²) in [6.07, 6.45) is 3.79. The van der Waals surface area contributed by atoms with Gasteiger partial charge in [0, 0.05) is 5.69 Å². The van der Waals surface area contributed by atoms with Gasteiger partial charge in [-0.3, -0.25) is 4.79 Å². The zero-order chi connectivity index (χ0) is 9.97. The average molecular weight is 188 g/mol. The molecule has 0 aromatic carbocycles. The molecule has 0 saturated heterocycles. The number of aryl methyl sites for hydroxylation is 1. The SMILES string of the molecule is Cc1cc(C=O)nc(-c2ccoc2)n1. The van der Waals surface area contributed by atoms with Crippen molar-refractivity contribution in [2.24, 2.45) is 0 Å². The molecule has 0 amide bonds. The van der Waals surface area contributed by atoms with Gasteiger partial charge in [-0.25, -0.2) is 9.97 Å². The van der Waals surface area contributed by atoms with Crippen LogP contribution in [-0.2, 0) is 0 Å². The predicted octanol–water partition coefficient (Wildman–Crippen LogP) is 1.86. The summed E-state index contributed by atoms with van der Waals surface area (Å²) < 4.78 is 4.91. The van der Waals surface area contributed by atoms with E-state index in [1.165, 1.54) is 0 Å². The zero-order valence-electron chi connectivity index (χ0n) is 7.60. The van der Waals surface area contributed by atoms with Gasteiger partial charge < -0.3 is 4.42 Å². The monoisotopic (exact) mass is 188 g/mol. The van der Waals surface area contributed by atoms with Gasteiger partial charge in [0.25, 0.3) is 0 Å².